The van der Waals surface area contributed by atoms with Gasteiger partial charge in [-0.25, -0.2) is 0 Å². The molecule has 2 rings (SSSR count). The molecule has 0 aliphatic heterocycles. The summed E-state index contributed by atoms with van der Waals surface area (Å²) in [6, 6.07) is 17.6. The quantitative estimate of drug-likeness (QED) is 0.745. The van der Waals surface area contributed by atoms with E-state index in [1.807, 2.05) is 54.6 Å². The zero-order valence-corrected chi connectivity index (χ0v) is 11.3. The molecule has 0 aliphatic carbocycles. The molecule has 20 heavy (non-hydrogen) atoms. The third-order valence-corrected chi connectivity index (χ3v) is 3.07. The number of hydrogen-bond acceptors (Lipinski definition) is 1. The van der Waals surface area contributed by atoms with Gasteiger partial charge in [-0.15, -0.1) is 0 Å². The predicted octanol–water partition coefficient (Wildman–Crippen LogP) is 4.05. The Kier molecular flexibility index (Phi) is 4.51. The molecule has 0 saturated carbocycles. The number of amides is 1. The molecule has 0 aliphatic rings. The van der Waals surface area contributed by atoms with Crippen LogP contribution < -0.4 is 4.90 Å². The van der Waals surface area contributed by atoms with Crippen LogP contribution in [0.5, 0.6) is 0 Å². The first-order valence-electron chi connectivity index (χ1n) is 6.45. The van der Waals surface area contributed by atoms with E-state index in [-0.39, 0.29) is 5.91 Å². The van der Waals surface area contributed by atoms with Gasteiger partial charge in [0, 0.05) is 0 Å². The predicted molar refractivity (Wildman–Crippen MR) is 84.4 cm³/mol. The van der Waals surface area contributed by atoms with E-state index in [1.165, 1.54) is 6.08 Å². The van der Waals surface area contributed by atoms with Crippen molar-refractivity contribution in [2.75, 3.05) is 4.90 Å². The number of anilines is 1. The summed E-state index contributed by atoms with van der Waals surface area (Å²) >= 11 is 0. The highest BCUT2D eigenvalue weighted by atomic mass is 16.2. The zero-order valence-electron chi connectivity index (χ0n) is 11.3. The summed E-state index contributed by atoms with van der Waals surface area (Å²) in [6.07, 6.45) is 3.09. The Balaban J connectivity index is 2.40. The number of carbonyl (C=O) groups is 1. The fourth-order valence-electron chi connectivity index (χ4n) is 2.06. The maximum atomic E-state index is 12.2. The second kappa shape index (κ2) is 6.53. The van der Waals surface area contributed by atoms with E-state index in [2.05, 4.69) is 13.2 Å². The van der Waals surface area contributed by atoms with Gasteiger partial charge in [-0.05, 0) is 23.3 Å². The van der Waals surface area contributed by atoms with E-state index in [0.717, 1.165) is 16.8 Å². The summed E-state index contributed by atoms with van der Waals surface area (Å²) < 4.78 is 0. The molecular formula is C18H17NO. The van der Waals surface area contributed by atoms with E-state index >= 15 is 0 Å². The van der Waals surface area contributed by atoms with Crippen LogP contribution in [0.2, 0.25) is 0 Å². The topological polar surface area (TPSA) is 20.3 Å². The van der Waals surface area contributed by atoms with Gasteiger partial charge in [0.2, 0.25) is 0 Å². The molecule has 2 heteroatoms. The van der Waals surface area contributed by atoms with Crippen LogP contribution in [-0.4, -0.2) is 5.91 Å². The SMILES string of the molecule is C=CC(=O)N(Cc1ccccc1)c1ccccc1C=C. The molecule has 0 aromatic heterocycles. The van der Waals surface area contributed by atoms with Crippen molar-refractivity contribution in [3.05, 3.63) is 85.0 Å². The van der Waals surface area contributed by atoms with Gasteiger partial charge in [0.1, 0.15) is 0 Å². The van der Waals surface area contributed by atoms with Crippen molar-refractivity contribution in [1.29, 1.82) is 0 Å². The van der Waals surface area contributed by atoms with Crippen molar-refractivity contribution in [2.24, 2.45) is 0 Å². The number of para-hydroxylation sites is 1. The van der Waals surface area contributed by atoms with E-state index in [9.17, 15) is 4.79 Å². The van der Waals surface area contributed by atoms with Gasteiger partial charge in [0.25, 0.3) is 5.91 Å². The summed E-state index contributed by atoms with van der Waals surface area (Å²) in [6.45, 7) is 7.90. The lowest BCUT2D eigenvalue weighted by atomic mass is 10.1. The van der Waals surface area contributed by atoms with Crippen molar-refractivity contribution >= 4 is 17.7 Å². The fraction of sp³-hybridized carbons (Fsp3) is 0.0556. The van der Waals surface area contributed by atoms with Gasteiger partial charge < -0.3 is 4.90 Å². The van der Waals surface area contributed by atoms with Crippen LogP contribution in [0.15, 0.2) is 73.8 Å². The molecule has 0 unspecified atom stereocenters. The van der Waals surface area contributed by atoms with Crippen LogP contribution in [0.3, 0.4) is 0 Å². The highest BCUT2D eigenvalue weighted by molar-refractivity contribution is 6.02. The second-order valence-corrected chi connectivity index (χ2v) is 4.38. The summed E-state index contributed by atoms with van der Waals surface area (Å²) in [4.78, 5) is 13.9. The Bertz CT molecular complexity index is 616. The third kappa shape index (κ3) is 3.04. The van der Waals surface area contributed by atoms with Crippen LogP contribution in [0, 0.1) is 0 Å². The van der Waals surface area contributed by atoms with E-state index in [0.29, 0.717) is 6.54 Å². The van der Waals surface area contributed by atoms with Crippen molar-refractivity contribution in [3.63, 3.8) is 0 Å². The Morgan fingerprint density at radius 1 is 1.00 bits per heavy atom. The fourth-order valence-corrected chi connectivity index (χ4v) is 2.06. The Morgan fingerprint density at radius 2 is 1.65 bits per heavy atom. The molecular weight excluding hydrogens is 246 g/mol. The number of benzene rings is 2. The van der Waals surface area contributed by atoms with Crippen molar-refractivity contribution in [1.82, 2.24) is 0 Å². The Labute approximate surface area is 119 Å². The zero-order chi connectivity index (χ0) is 14.4. The lowest BCUT2D eigenvalue weighted by molar-refractivity contribution is -0.114. The van der Waals surface area contributed by atoms with E-state index in [1.54, 1.807) is 11.0 Å². The minimum atomic E-state index is -0.122. The smallest absolute Gasteiger partial charge is 0.250 e. The third-order valence-electron chi connectivity index (χ3n) is 3.07. The highest BCUT2D eigenvalue weighted by Gasteiger charge is 2.15. The molecule has 2 aromatic rings. The summed E-state index contributed by atoms with van der Waals surface area (Å²) in [5, 5.41) is 0. The standard InChI is InChI=1S/C18H17NO/c1-3-16-12-8-9-13-17(16)19(18(20)4-2)14-15-10-6-5-7-11-15/h3-13H,1-2,14H2. The number of hydrogen-bond donors (Lipinski definition) is 0. The van der Waals surface area contributed by atoms with Crippen LogP contribution >= 0.6 is 0 Å². The normalized spacial score (nSPS) is 9.80. The average molecular weight is 263 g/mol. The molecule has 0 fully saturated rings. The molecule has 0 spiro atoms. The number of rotatable bonds is 5. The molecule has 2 nitrogen and oxygen atoms in total. The summed E-state index contributed by atoms with van der Waals surface area (Å²) in [5.41, 5.74) is 2.84. The van der Waals surface area contributed by atoms with Gasteiger partial charge in [-0.2, -0.15) is 0 Å². The lowest BCUT2D eigenvalue weighted by Gasteiger charge is -2.23. The first kappa shape index (κ1) is 13.8. The van der Waals surface area contributed by atoms with Gasteiger partial charge in [-0.1, -0.05) is 67.8 Å². The van der Waals surface area contributed by atoms with E-state index in [4.69, 9.17) is 0 Å². The molecule has 0 N–H and O–H groups in total. The number of carbonyl (C=O) groups excluding carboxylic acids is 1. The van der Waals surface area contributed by atoms with Crippen LogP contribution in [0.4, 0.5) is 5.69 Å². The van der Waals surface area contributed by atoms with Gasteiger partial charge >= 0.3 is 0 Å². The highest BCUT2D eigenvalue weighted by Crippen LogP contribution is 2.23. The van der Waals surface area contributed by atoms with Crippen LogP contribution in [-0.2, 0) is 11.3 Å². The largest absolute Gasteiger partial charge is 0.304 e. The van der Waals surface area contributed by atoms with E-state index < -0.39 is 0 Å². The maximum Gasteiger partial charge on any atom is 0.250 e. The maximum absolute atomic E-state index is 12.2. The minimum absolute atomic E-state index is 0.122. The molecule has 0 radical (unpaired) electrons. The van der Waals surface area contributed by atoms with Crippen LogP contribution in [0.1, 0.15) is 11.1 Å². The van der Waals surface area contributed by atoms with Gasteiger partial charge in [0.15, 0.2) is 0 Å². The summed E-state index contributed by atoms with van der Waals surface area (Å²) in [5.74, 6) is -0.122. The summed E-state index contributed by atoms with van der Waals surface area (Å²) in [7, 11) is 0. The molecule has 100 valence electrons. The van der Waals surface area contributed by atoms with Crippen molar-refractivity contribution in [3.8, 4) is 0 Å². The van der Waals surface area contributed by atoms with Crippen molar-refractivity contribution < 1.29 is 4.79 Å². The molecule has 0 atom stereocenters. The van der Waals surface area contributed by atoms with Gasteiger partial charge in [-0.3, -0.25) is 4.79 Å². The second-order valence-electron chi connectivity index (χ2n) is 4.38. The Hall–Kier alpha value is -2.61. The first-order chi connectivity index (χ1) is 9.76. The minimum Gasteiger partial charge on any atom is -0.304 e. The molecule has 0 saturated heterocycles. The lowest BCUT2D eigenvalue weighted by Crippen LogP contribution is -2.29. The van der Waals surface area contributed by atoms with Gasteiger partial charge in [0.05, 0.1) is 12.2 Å². The monoisotopic (exact) mass is 263 g/mol. The molecule has 0 bridgehead atoms. The van der Waals surface area contributed by atoms with Crippen molar-refractivity contribution in [2.45, 2.75) is 6.54 Å². The molecule has 0 heterocycles. The number of nitrogens with zero attached hydrogens (tertiary/aromatic N) is 1. The average Bonchev–Trinajstić information content (AvgIpc) is 2.53. The Morgan fingerprint density at radius 3 is 2.30 bits per heavy atom. The first-order valence-corrected chi connectivity index (χ1v) is 6.45. The molecule has 1 amide bonds. The van der Waals surface area contributed by atoms with Crippen LogP contribution in [0.25, 0.3) is 6.08 Å². The molecule has 2 aromatic carbocycles.